The molecule has 1 unspecified atom stereocenters. The zero-order chi connectivity index (χ0) is 20.4. The van der Waals surface area contributed by atoms with Crippen LogP contribution in [0.15, 0.2) is 54.9 Å². The lowest BCUT2D eigenvalue weighted by atomic mass is 10.0. The van der Waals surface area contributed by atoms with Gasteiger partial charge in [0, 0.05) is 23.2 Å². The van der Waals surface area contributed by atoms with E-state index in [1.54, 1.807) is 6.07 Å². The number of aromatic nitrogens is 4. The molecule has 0 saturated heterocycles. The first kappa shape index (κ1) is 18.8. The van der Waals surface area contributed by atoms with Gasteiger partial charge in [-0.3, -0.25) is 9.89 Å². The molecule has 1 amide bonds. The van der Waals surface area contributed by atoms with Crippen molar-refractivity contribution in [1.29, 1.82) is 0 Å². The van der Waals surface area contributed by atoms with Crippen LogP contribution in [0.25, 0.3) is 22.2 Å². The number of nitrogens with one attached hydrogen (secondary N) is 2. The van der Waals surface area contributed by atoms with Crippen LogP contribution in [0.5, 0.6) is 0 Å². The van der Waals surface area contributed by atoms with Gasteiger partial charge in [-0.25, -0.2) is 9.97 Å². The van der Waals surface area contributed by atoms with Gasteiger partial charge < -0.3 is 11.1 Å². The van der Waals surface area contributed by atoms with Crippen LogP contribution in [-0.4, -0.2) is 32.6 Å². The highest BCUT2D eigenvalue weighted by Gasteiger charge is 2.16. The molecule has 0 radical (unpaired) electrons. The molecule has 0 spiro atoms. The first-order chi connectivity index (χ1) is 14.0. The summed E-state index contributed by atoms with van der Waals surface area (Å²) in [5.41, 5.74) is 11.7. The SMILES string of the molecule is Cc1cccc(C(CN)NC(=O)c2cc(-c3ccc4n[nH]c(C)c4c3)ncn2)c1. The molecule has 0 fully saturated rings. The Balaban J connectivity index is 1.60. The summed E-state index contributed by atoms with van der Waals surface area (Å²) in [4.78, 5) is 21.3. The van der Waals surface area contributed by atoms with Crippen molar-refractivity contribution in [3.8, 4) is 11.3 Å². The van der Waals surface area contributed by atoms with E-state index < -0.39 is 0 Å². The number of hydrogen-bond donors (Lipinski definition) is 3. The molecule has 2 heterocycles. The number of amides is 1. The van der Waals surface area contributed by atoms with E-state index in [1.165, 1.54) is 6.33 Å². The molecule has 2 aromatic heterocycles. The van der Waals surface area contributed by atoms with Crippen molar-refractivity contribution in [2.24, 2.45) is 5.73 Å². The molecule has 1 atom stereocenters. The lowest BCUT2D eigenvalue weighted by molar-refractivity contribution is 0.0932. The minimum Gasteiger partial charge on any atom is -0.343 e. The molecule has 146 valence electrons. The molecule has 29 heavy (non-hydrogen) atoms. The Bertz CT molecular complexity index is 1180. The molecule has 2 aromatic carbocycles. The summed E-state index contributed by atoms with van der Waals surface area (Å²) >= 11 is 0. The number of hydrogen-bond acceptors (Lipinski definition) is 5. The maximum Gasteiger partial charge on any atom is 0.270 e. The fraction of sp³-hybridized carbons (Fsp3) is 0.182. The molecule has 0 bridgehead atoms. The van der Waals surface area contributed by atoms with Crippen LogP contribution in [0, 0.1) is 13.8 Å². The molecule has 0 saturated carbocycles. The topological polar surface area (TPSA) is 110 Å². The fourth-order valence-corrected chi connectivity index (χ4v) is 3.33. The molecule has 0 aliphatic heterocycles. The molecule has 7 nitrogen and oxygen atoms in total. The van der Waals surface area contributed by atoms with E-state index in [0.29, 0.717) is 17.9 Å². The molecular formula is C22H22N6O. The maximum absolute atomic E-state index is 12.8. The second kappa shape index (κ2) is 7.81. The zero-order valence-electron chi connectivity index (χ0n) is 16.3. The predicted octanol–water partition coefficient (Wildman–Crippen LogP) is 3.07. The first-order valence-electron chi connectivity index (χ1n) is 9.40. The van der Waals surface area contributed by atoms with Crippen LogP contribution in [0.4, 0.5) is 0 Å². The largest absolute Gasteiger partial charge is 0.343 e. The number of carbonyl (C=O) groups is 1. The highest BCUT2D eigenvalue weighted by atomic mass is 16.1. The predicted molar refractivity (Wildman–Crippen MR) is 112 cm³/mol. The van der Waals surface area contributed by atoms with Gasteiger partial charge >= 0.3 is 0 Å². The lowest BCUT2D eigenvalue weighted by Crippen LogP contribution is -2.34. The first-order valence-corrected chi connectivity index (χ1v) is 9.40. The summed E-state index contributed by atoms with van der Waals surface area (Å²) in [7, 11) is 0. The number of fused-ring (bicyclic) bond motifs is 1. The van der Waals surface area contributed by atoms with Crippen molar-refractivity contribution in [1.82, 2.24) is 25.5 Å². The van der Waals surface area contributed by atoms with Crippen molar-refractivity contribution >= 4 is 16.8 Å². The van der Waals surface area contributed by atoms with Crippen molar-refractivity contribution in [3.05, 3.63) is 77.4 Å². The van der Waals surface area contributed by atoms with Crippen molar-refractivity contribution < 1.29 is 4.79 Å². The van der Waals surface area contributed by atoms with E-state index in [-0.39, 0.29) is 11.9 Å². The van der Waals surface area contributed by atoms with Crippen LogP contribution in [0.3, 0.4) is 0 Å². The Morgan fingerprint density at radius 1 is 1.14 bits per heavy atom. The van der Waals surface area contributed by atoms with Crippen LogP contribution < -0.4 is 11.1 Å². The van der Waals surface area contributed by atoms with Gasteiger partial charge in [-0.1, -0.05) is 35.9 Å². The van der Waals surface area contributed by atoms with Crippen molar-refractivity contribution in [3.63, 3.8) is 0 Å². The van der Waals surface area contributed by atoms with E-state index in [9.17, 15) is 4.79 Å². The summed E-state index contributed by atoms with van der Waals surface area (Å²) in [6, 6.07) is 15.2. The minimum absolute atomic E-state index is 0.286. The van der Waals surface area contributed by atoms with Gasteiger partial charge in [0.25, 0.3) is 5.91 Å². The van der Waals surface area contributed by atoms with Crippen LogP contribution in [0.1, 0.15) is 33.4 Å². The van der Waals surface area contributed by atoms with E-state index in [1.807, 2.05) is 56.3 Å². The Morgan fingerprint density at radius 3 is 2.79 bits per heavy atom. The van der Waals surface area contributed by atoms with Gasteiger partial charge in [0.05, 0.1) is 17.3 Å². The fourth-order valence-electron chi connectivity index (χ4n) is 3.33. The molecule has 4 rings (SSSR count). The number of aromatic amines is 1. The Labute approximate surface area is 168 Å². The Hall–Kier alpha value is -3.58. The van der Waals surface area contributed by atoms with E-state index in [4.69, 9.17) is 5.73 Å². The second-order valence-electron chi connectivity index (χ2n) is 7.04. The quantitative estimate of drug-likeness (QED) is 0.488. The third-order valence-corrected chi connectivity index (χ3v) is 4.93. The number of benzene rings is 2. The number of H-pyrrole nitrogens is 1. The zero-order valence-corrected chi connectivity index (χ0v) is 16.3. The number of nitrogens with zero attached hydrogens (tertiary/aromatic N) is 3. The molecule has 0 aliphatic rings. The van der Waals surface area contributed by atoms with Gasteiger partial charge in [-0.15, -0.1) is 0 Å². The summed E-state index contributed by atoms with van der Waals surface area (Å²) in [5.74, 6) is -0.286. The second-order valence-corrected chi connectivity index (χ2v) is 7.04. The Morgan fingerprint density at radius 2 is 2.00 bits per heavy atom. The third kappa shape index (κ3) is 3.86. The van der Waals surface area contributed by atoms with Gasteiger partial charge in [0.2, 0.25) is 0 Å². The van der Waals surface area contributed by atoms with E-state index >= 15 is 0 Å². The maximum atomic E-state index is 12.8. The summed E-state index contributed by atoms with van der Waals surface area (Å²) in [6.45, 7) is 4.27. The van der Waals surface area contributed by atoms with Crippen LogP contribution in [-0.2, 0) is 0 Å². The lowest BCUT2D eigenvalue weighted by Gasteiger charge is -2.17. The molecular weight excluding hydrogens is 364 g/mol. The average molecular weight is 386 g/mol. The van der Waals surface area contributed by atoms with Gasteiger partial charge in [-0.2, -0.15) is 5.10 Å². The Kier molecular flexibility index (Phi) is 5.05. The third-order valence-electron chi connectivity index (χ3n) is 4.93. The van der Waals surface area contributed by atoms with Crippen LogP contribution >= 0.6 is 0 Å². The molecule has 0 aliphatic carbocycles. The monoisotopic (exact) mass is 386 g/mol. The van der Waals surface area contributed by atoms with Crippen LogP contribution in [0.2, 0.25) is 0 Å². The van der Waals surface area contributed by atoms with Gasteiger partial charge in [0.1, 0.15) is 12.0 Å². The summed E-state index contributed by atoms with van der Waals surface area (Å²) in [6.07, 6.45) is 1.40. The summed E-state index contributed by atoms with van der Waals surface area (Å²) in [5, 5.41) is 11.2. The number of rotatable bonds is 5. The van der Waals surface area contributed by atoms with E-state index in [0.717, 1.165) is 33.3 Å². The highest BCUT2D eigenvalue weighted by Crippen LogP contribution is 2.24. The summed E-state index contributed by atoms with van der Waals surface area (Å²) < 4.78 is 0. The van der Waals surface area contributed by atoms with E-state index in [2.05, 4.69) is 25.5 Å². The van der Waals surface area contributed by atoms with Crippen molar-refractivity contribution in [2.75, 3.05) is 6.54 Å². The average Bonchev–Trinajstić information content (AvgIpc) is 3.12. The smallest absolute Gasteiger partial charge is 0.270 e. The normalized spacial score (nSPS) is 12.1. The standard InChI is InChI=1S/C22H22N6O/c1-13-4-3-5-15(8-13)21(11-23)26-22(29)20-10-19(24-12-25-20)16-6-7-18-17(9-16)14(2)27-28-18/h3-10,12,21H,11,23H2,1-2H3,(H,26,29)(H,27,28). The van der Waals surface area contributed by atoms with Gasteiger partial charge in [0.15, 0.2) is 0 Å². The molecule has 4 aromatic rings. The van der Waals surface area contributed by atoms with Gasteiger partial charge in [-0.05, 0) is 37.6 Å². The number of carbonyl (C=O) groups excluding carboxylic acids is 1. The number of aryl methyl sites for hydroxylation is 2. The molecule has 4 N–H and O–H groups in total. The number of nitrogens with two attached hydrogens (primary N) is 1. The molecule has 7 heteroatoms. The van der Waals surface area contributed by atoms with Crippen molar-refractivity contribution in [2.45, 2.75) is 19.9 Å². The minimum atomic E-state index is -0.286. The highest BCUT2D eigenvalue weighted by molar-refractivity contribution is 5.94.